The maximum atomic E-state index is 12.4. The maximum absolute atomic E-state index is 12.4. The zero-order valence-electron chi connectivity index (χ0n) is 10.2. The Hall–Kier alpha value is -1.16. The Labute approximate surface area is 120 Å². The van der Waals surface area contributed by atoms with Crippen LogP contribution < -0.4 is 0 Å². The normalized spacial score (nSPS) is 16.1. The van der Waals surface area contributed by atoms with Crippen LogP contribution >= 0.6 is 23.2 Å². The number of carbonyl (C=O) groups is 2. The average Bonchev–Trinajstić information content (AvgIpc) is 2.39. The highest BCUT2D eigenvalue weighted by atomic mass is 35.5. The molecular formula is C14H12Cl2O3. The number of hydrogen-bond donors (Lipinski definition) is 1. The Morgan fingerprint density at radius 3 is 2.26 bits per heavy atom. The molecule has 0 aromatic heterocycles. The lowest BCUT2D eigenvalue weighted by Crippen LogP contribution is -2.24. The summed E-state index contributed by atoms with van der Waals surface area (Å²) in [6.07, 6.45) is 1.83. The number of ketones is 2. The second-order valence-electron chi connectivity index (χ2n) is 4.36. The number of fused-ring (bicyclic) bond motifs is 1. The Kier molecular flexibility index (Phi) is 4.09. The second-order valence-corrected chi connectivity index (χ2v) is 5.17. The maximum Gasteiger partial charge on any atom is 0.191 e. The number of allylic oxidation sites excluding steroid dienone is 1. The zero-order valence-corrected chi connectivity index (χ0v) is 11.8. The number of halogens is 2. The van der Waals surface area contributed by atoms with E-state index in [1.54, 1.807) is 0 Å². The van der Waals surface area contributed by atoms with Crippen molar-refractivity contribution in [2.24, 2.45) is 5.92 Å². The van der Waals surface area contributed by atoms with Crippen LogP contribution in [0, 0.1) is 5.92 Å². The van der Waals surface area contributed by atoms with Crippen LogP contribution in [0.3, 0.4) is 0 Å². The van der Waals surface area contributed by atoms with Gasteiger partial charge in [-0.15, -0.1) is 0 Å². The molecule has 0 radical (unpaired) electrons. The van der Waals surface area contributed by atoms with Crippen molar-refractivity contribution in [1.82, 2.24) is 0 Å². The molecule has 0 heterocycles. The van der Waals surface area contributed by atoms with Crippen molar-refractivity contribution in [3.8, 4) is 0 Å². The van der Waals surface area contributed by atoms with E-state index in [1.807, 2.05) is 6.92 Å². The minimum Gasteiger partial charge on any atom is -0.396 e. The first kappa shape index (κ1) is 14.3. The van der Waals surface area contributed by atoms with Crippen molar-refractivity contribution in [1.29, 1.82) is 0 Å². The molecule has 100 valence electrons. The van der Waals surface area contributed by atoms with Gasteiger partial charge in [0.1, 0.15) is 0 Å². The van der Waals surface area contributed by atoms with Crippen LogP contribution in [0.25, 0.3) is 0 Å². The first-order valence-electron chi connectivity index (χ1n) is 5.90. The zero-order chi connectivity index (χ0) is 14.2. The SMILES string of the molecule is CCC(CO)C1=CC(=O)c2c(Cl)ccc(Cl)c2C1=O. The first-order chi connectivity index (χ1) is 9.01. The smallest absolute Gasteiger partial charge is 0.191 e. The lowest BCUT2D eigenvalue weighted by Gasteiger charge is -2.21. The molecule has 0 saturated carbocycles. The van der Waals surface area contributed by atoms with E-state index in [-0.39, 0.29) is 45.3 Å². The fraction of sp³-hybridized carbons (Fsp3) is 0.286. The minimum atomic E-state index is -0.361. The molecule has 1 unspecified atom stereocenters. The van der Waals surface area contributed by atoms with E-state index < -0.39 is 0 Å². The predicted molar refractivity (Wildman–Crippen MR) is 74.1 cm³/mol. The molecule has 5 heteroatoms. The highest BCUT2D eigenvalue weighted by Crippen LogP contribution is 2.35. The highest BCUT2D eigenvalue weighted by molar-refractivity contribution is 6.42. The summed E-state index contributed by atoms with van der Waals surface area (Å²) in [5.74, 6) is -1.04. The van der Waals surface area contributed by atoms with Gasteiger partial charge < -0.3 is 5.11 Å². The summed E-state index contributed by atoms with van der Waals surface area (Å²) in [5, 5.41) is 9.71. The lowest BCUT2D eigenvalue weighted by atomic mass is 9.82. The molecule has 1 aliphatic carbocycles. The van der Waals surface area contributed by atoms with Gasteiger partial charge in [0.2, 0.25) is 0 Å². The molecule has 0 saturated heterocycles. The van der Waals surface area contributed by atoms with Crippen LogP contribution in [0.2, 0.25) is 10.0 Å². The molecule has 0 aliphatic heterocycles. The van der Waals surface area contributed by atoms with Gasteiger partial charge >= 0.3 is 0 Å². The lowest BCUT2D eigenvalue weighted by molar-refractivity contribution is 0.0965. The summed E-state index contributed by atoms with van der Waals surface area (Å²) in [7, 11) is 0. The van der Waals surface area contributed by atoms with E-state index in [4.69, 9.17) is 23.2 Å². The van der Waals surface area contributed by atoms with Gasteiger partial charge in [-0.05, 0) is 24.6 Å². The fourth-order valence-electron chi connectivity index (χ4n) is 2.19. The molecule has 3 nitrogen and oxygen atoms in total. The van der Waals surface area contributed by atoms with Crippen molar-refractivity contribution >= 4 is 34.8 Å². The van der Waals surface area contributed by atoms with Crippen molar-refractivity contribution < 1.29 is 14.7 Å². The summed E-state index contributed by atoms with van der Waals surface area (Å²) in [5.41, 5.74) is 0.589. The van der Waals surface area contributed by atoms with Gasteiger partial charge in [0.05, 0.1) is 27.8 Å². The molecule has 0 bridgehead atoms. The number of benzene rings is 1. The number of aliphatic hydroxyl groups is 1. The number of carbonyl (C=O) groups excluding carboxylic acids is 2. The van der Waals surface area contributed by atoms with E-state index in [1.165, 1.54) is 18.2 Å². The highest BCUT2D eigenvalue weighted by Gasteiger charge is 2.32. The van der Waals surface area contributed by atoms with Crippen LogP contribution in [-0.4, -0.2) is 23.3 Å². The number of rotatable bonds is 3. The summed E-state index contributed by atoms with van der Waals surface area (Å²) >= 11 is 12.0. The molecule has 1 N–H and O–H groups in total. The van der Waals surface area contributed by atoms with Crippen LogP contribution in [0.15, 0.2) is 23.8 Å². The predicted octanol–water partition coefficient (Wildman–Crippen LogP) is 3.32. The Bertz CT molecular complexity index is 587. The van der Waals surface area contributed by atoms with E-state index in [0.29, 0.717) is 12.0 Å². The van der Waals surface area contributed by atoms with Crippen molar-refractivity contribution in [3.05, 3.63) is 45.0 Å². The van der Waals surface area contributed by atoms with E-state index >= 15 is 0 Å². The quantitative estimate of drug-likeness (QED) is 0.931. The molecule has 1 aromatic rings. The van der Waals surface area contributed by atoms with Crippen molar-refractivity contribution in [3.63, 3.8) is 0 Å². The average molecular weight is 299 g/mol. The van der Waals surface area contributed by atoms with Gasteiger partial charge in [-0.2, -0.15) is 0 Å². The van der Waals surface area contributed by atoms with E-state index in [2.05, 4.69) is 0 Å². The van der Waals surface area contributed by atoms with Crippen LogP contribution in [0.1, 0.15) is 34.1 Å². The third kappa shape index (κ3) is 2.34. The van der Waals surface area contributed by atoms with E-state index in [9.17, 15) is 14.7 Å². The van der Waals surface area contributed by atoms with Gasteiger partial charge in [-0.3, -0.25) is 9.59 Å². The number of aliphatic hydroxyl groups excluding tert-OH is 1. The molecule has 1 aromatic carbocycles. The topological polar surface area (TPSA) is 54.4 Å². The van der Waals surface area contributed by atoms with E-state index in [0.717, 1.165) is 0 Å². The molecule has 2 rings (SSSR count). The monoisotopic (exact) mass is 298 g/mol. The molecule has 1 atom stereocenters. The van der Waals surface area contributed by atoms with Gasteiger partial charge in [-0.1, -0.05) is 30.1 Å². The standard InChI is InChI=1S/C14H12Cl2O3/c1-2-7(6-17)8-5-11(18)12-9(15)3-4-10(16)13(12)14(8)19/h3-5,7,17H,2,6H2,1H3. The van der Waals surface area contributed by atoms with Crippen LogP contribution in [0.5, 0.6) is 0 Å². The number of Topliss-reactive ketones (excluding diaryl/α,β-unsaturated/α-hetero) is 1. The molecule has 0 spiro atoms. The molecule has 19 heavy (non-hydrogen) atoms. The third-order valence-electron chi connectivity index (χ3n) is 3.28. The summed E-state index contributed by atoms with van der Waals surface area (Å²) in [6.45, 7) is 1.66. The number of hydrogen-bond acceptors (Lipinski definition) is 3. The van der Waals surface area contributed by atoms with Crippen molar-refractivity contribution in [2.75, 3.05) is 6.61 Å². The third-order valence-corrected chi connectivity index (χ3v) is 3.91. The van der Waals surface area contributed by atoms with Crippen LogP contribution in [-0.2, 0) is 0 Å². The summed E-state index contributed by atoms with van der Waals surface area (Å²) in [4.78, 5) is 24.5. The van der Waals surface area contributed by atoms with Crippen LogP contribution in [0.4, 0.5) is 0 Å². The van der Waals surface area contributed by atoms with Gasteiger partial charge in [0, 0.05) is 11.5 Å². The van der Waals surface area contributed by atoms with Gasteiger partial charge in [0.25, 0.3) is 0 Å². The largest absolute Gasteiger partial charge is 0.396 e. The molecule has 1 aliphatic rings. The summed E-state index contributed by atoms with van der Waals surface area (Å²) in [6, 6.07) is 2.99. The Morgan fingerprint density at radius 1 is 1.16 bits per heavy atom. The van der Waals surface area contributed by atoms with Crippen molar-refractivity contribution in [2.45, 2.75) is 13.3 Å². The second kappa shape index (κ2) is 5.45. The Morgan fingerprint density at radius 2 is 1.74 bits per heavy atom. The first-order valence-corrected chi connectivity index (χ1v) is 6.66. The van der Waals surface area contributed by atoms with Gasteiger partial charge in [-0.25, -0.2) is 0 Å². The summed E-state index contributed by atoms with van der Waals surface area (Å²) < 4.78 is 0. The Balaban J connectivity index is 2.62. The fourth-order valence-corrected chi connectivity index (χ4v) is 2.68. The van der Waals surface area contributed by atoms with Gasteiger partial charge in [0.15, 0.2) is 11.6 Å². The molecule has 0 fully saturated rings. The molecular weight excluding hydrogens is 287 g/mol. The minimum absolute atomic E-state index is 0.142. The molecule has 0 amide bonds.